The fourth-order valence-electron chi connectivity index (χ4n) is 0.335. The van der Waals surface area contributed by atoms with Crippen molar-refractivity contribution in [3.63, 3.8) is 0 Å². The summed E-state index contributed by atoms with van der Waals surface area (Å²) in [6, 6.07) is 0. The predicted octanol–water partition coefficient (Wildman–Crippen LogP) is -1.84. The van der Waals surface area contributed by atoms with Crippen molar-refractivity contribution in [1.82, 2.24) is 11.0 Å². The molecule has 0 radical (unpaired) electrons. The number of rotatable bonds is 1. The standard InChI is InChI=1S/C2H5N5O2/c3-2(1(8)9)4-6-7-5-2/h3H2,(H,4,7)(H,5,6)(H,8,9). The Bertz CT molecular complexity index is 166. The first kappa shape index (κ1) is 5.92. The number of hydrazine groups is 1. The maximum atomic E-state index is 10.1. The summed E-state index contributed by atoms with van der Waals surface area (Å²) in [7, 11) is 0. The minimum absolute atomic E-state index is 1.28. The van der Waals surface area contributed by atoms with Crippen molar-refractivity contribution in [3.8, 4) is 0 Å². The molecule has 0 spiro atoms. The minimum atomic E-state index is -1.79. The summed E-state index contributed by atoms with van der Waals surface area (Å²) in [4.78, 5) is 10.1. The van der Waals surface area contributed by atoms with E-state index in [1.54, 1.807) is 0 Å². The lowest BCUT2D eigenvalue weighted by atomic mass is 10.4. The van der Waals surface area contributed by atoms with E-state index in [0.717, 1.165) is 0 Å². The van der Waals surface area contributed by atoms with E-state index >= 15 is 0 Å². The van der Waals surface area contributed by atoms with E-state index in [0.29, 0.717) is 0 Å². The molecule has 0 aromatic carbocycles. The number of nitrogens with two attached hydrogens (primary N) is 1. The second kappa shape index (κ2) is 1.64. The highest BCUT2D eigenvalue weighted by Crippen LogP contribution is 2.00. The molecule has 50 valence electrons. The number of nitrogens with zero attached hydrogens (tertiary/aromatic N) is 2. The topological polar surface area (TPSA) is 112 Å². The molecule has 1 aliphatic heterocycles. The zero-order chi connectivity index (χ0) is 6.91. The quantitative estimate of drug-likeness (QED) is 0.334. The van der Waals surface area contributed by atoms with Crippen LogP contribution in [0.3, 0.4) is 0 Å². The second-order valence-electron chi connectivity index (χ2n) is 1.51. The van der Waals surface area contributed by atoms with Gasteiger partial charge in [0.15, 0.2) is 0 Å². The van der Waals surface area contributed by atoms with E-state index in [4.69, 9.17) is 10.8 Å². The summed E-state index contributed by atoms with van der Waals surface area (Å²) in [5, 5.41) is 14.6. The lowest BCUT2D eigenvalue weighted by Gasteiger charge is -2.10. The molecule has 1 heterocycles. The highest BCUT2D eigenvalue weighted by molar-refractivity contribution is 5.77. The van der Waals surface area contributed by atoms with Crippen molar-refractivity contribution in [2.45, 2.75) is 5.79 Å². The number of nitrogens with one attached hydrogen (secondary N) is 2. The molecule has 0 aromatic heterocycles. The lowest BCUT2D eigenvalue weighted by molar-refractivity contribution is -0.144. The number of aliphatic carboxylic acids is 1. The van der Waals surface area contributed by atoms with Gasteiger partial charge in [0.1, 0.15) is 0 Å². The number of hydrogen-bond acceptors (Lipinski definition) is 6. The molecule has 0 bridgehead atoms. The Balaban J connectivity index is 2.74. The fourth-order valence-corrected chi connectivity index (χ4v) is 0.335. The van der Waals surface area contributed by atoms with Crippen molar-refractivity contribution >= 4 is 5.97 Å². The van der Waals surface area contributed by atoms with Gasteiger partial charge >= 0.3 is 11.8 Å². The molecule has 9 heavy (non-hydrogen) atoms. The third-order valence-corrected chi connectivity index (χ3v) is 0.830. The highest BCUT2D eigenvalue weighted by atomic mass is 16.4. The highest BCUT2D eigenvalue weighted by Gasteiger charge is 2.37. The predicted molar refractivity (Wildman–Crippen MR) is 25.7 cm³/mol. The van der Waals surface area contributed by atoms with Crippen molar-refractivity contribution < 1.29 is 9.90 Å². The summed E-state index contributed by atoms with van der Waals surface area (Å²) < 4.78 is 0. The van der Waals surface area contributed by atoms with Crippen LogP contribution in [-0.2, 0) is 4.79 Å². The summed E-state index contributed by atoms with van der Waals surface area (Å²) >= 11 is 0. The molecule has 1 atom stereocenters. The number of carboxylic acid groups (broad SMARTS) is 1. The van der Waals surface area contributed by atoms with Crippen molar-refractivity contribution in [2.24, 2.45) is 16.1 Å². The third-order valence-electron chi connectivity index (χ3n) is 0.830. The molecule has 5 N–H and O–H groups in total. The van der Waals surface area contributed by atoms with Crippen LogP contribution in [0.25, 0.3) is 0 Å². The maximum Gasteiger partial charge on any atom is 0.366 e. The first-order valence-corrected chi connectivity index (χ1v) is 2.11. The average Bonchev–Trinajstić information content (AvgIpc) is 2.16. The van der Waals surface area contributed by atoms with Crippen LogP contribution in [-0.4, -0.2) is 16.9 Å². The molecule has 0 saturated heterocycles. The van der Waals surface area contributed by atoms with Crippen molar-refractivity contribution in [3.05, 3.63) is 0 Å². The van der Waals surface area contributed by atoms with E-state index in [2.05, 4.69) is 21.3 Å². The summed E-state index contributed by atoms with van der Waals surface area (Å²) in [6.07, 6.45) is 0. The molecule has 0 aliphatic carbocycles. The Morgan fingerprint density at radius 2 is 2.44 bits per heavy atom. The van der Waals surface area contributed by atoms with Gasteiger partial charge in [-0.05, 0) is 0 Å². The Kier molecular flexibility index (Phi) is 1.08. The van der Waals surface area contributed by atoms with E-state index in [-0.39, 0.29) is 0 Å². The normalized spacial score (nSPS) is 32.1. The molecule has 0 aromatic rings. The van der Waals surface area contributed by atoms with Crippen LogP contribution in [0.4, 0.5) is 0 Å². The van der Waals surface area contributed by atoms with Gasteiger partial charge in [0.25, 0.3) is 0 Å². The first-order valence-electron chi connectivity index (χ1n) is 2.11. The summed E-state index contributed by atoms with van der Waals surface area (Å²) in [5.74, 6) is -3.07. The van der Waals surface area contributed by atoms with Crippen LogP contribution in [0.5, 0.6) is 0 Å². The van der Waals surface area contributed by atoms with E-state index < -0.39 is 11.8 Å². The Morgan fingerprint density at radius 3 is 2.67 bits per heavy atom. The van der Waals surface area contributed by atoms with E-state index in [9.17, 15) is 4.79 Å². The molecular weight excluding hydrogens is 126 g/mol. The van der Waals surface area contributed by atoms with Crippen LogP contribution in [0.2, 0.25) is 0 Å². The fraction of sp³-hybridized carbons (Fsp3) is 0.500. The minimum Gasteiger partial charge on any atom is -0.477 e. The SMILES string of the molecule is NC1(C(=O)O)N=NNN1. The molecule has 1 aliphatic rings. The molecule has 0 amide bonds. The molecule has 1 unspecified atom stereocenters. The molecular formula is C2H5N5O2. The number of carbonyl (C=O) groups is 1. The van der Waals surface area contributed by atoms with Gasteiger partial charge in [0, 0.05) is 0 Å². The molecule has 1 rings (SSSR count). The maximum absolute atomic E-state index is 10.1. The van der Waals surface area contributed by atoms with Gasteiger partial charge < -0.3 is 5.11 Å². The zero-order valence-corrected chi connectivity index (χ0v) is 4.33. The first-order chi connectivity index (χ1) is 4.15. The Labute approximate surface area is 49.9 Å². The Hall–Kier alpha value is -1.21. The smallest absolute Gasteiger partial charge is 0.366 e. The van der Waals surface area contributed by atoms with Crippen LogP contribution in [0.1, 0.15) is 0 Å². The van der Waals surface area contributed by atoms with Crippen molar-refractivity contribution in [2.75, 3.05) is 0 Å². The molecule has 0 saturated carbocycles. The average molecular weight is 131 g/mol. The number of carboxylic acids is 1. The monoisotopic (exact) mass is 131 g/mol. The van der Waals surface area contributed by atoms with Crippen LogP contribution < -0.4 is 16.7 Å². The van der Waals surface area contributed by atoms with Gasteiger partial charge in [-0.25, -0.2) is 10.3 Å². The largest absolute Gasteiger partial charge is 0.477 e. The van der Waals surface area contributed by atoms with Crippen LogP contribution >= 0.6 is 0 Å². The van der Waals surface area contributed by atoms with Crippen LogP contribution in [0, 0.1) is 0 Å². The third kappa shape index (κ3) is 0.819. The van der Waals surface area contributed by atoms with Crippen molar-refractivity contribution in [1.29, 1.82) is 0 Å². The number of hydrogen-bond donors (Lipinski definition) is 4. The zero-order valence-electron chi connectivity index (χ0n) is 4.33. The van der Waals surface area contributed by atoms with Gasteiger partial charge in [-0.2, -0.15) is 5.43 Å². The summed E-state index contributed by atoms with van der Waals surface area (Å²) in [6.45, 7) is 0. The summed E-state index contributed by atoms with van der Waals surface area (Å²) in [5.41, 5.74) is 9.29. The van der Waals surface area contributed by atoms with E-state index in [1.165, 1.54) is 0 Å². The van der Waals surface area contributed by atoms with Gasteiger partial charge in [0.2, 0.25) is 0 Å². The Morgan fingerprint density at radius 1 is 1.78 bits per heavy atom. The van der Waals surface area contributed by atoms with Crippen LogP contribution in [0.15, 0.2) is 10.3 Å². The molecule has 7 heteroatoms. The molecule has 0 fully saturated rings. The van der Waals surface area contributed by atoms with E-state index in [1.807, 2.05) is 0 Å². The van der Waals surface area contributed by atoms with Gasteiger partial charge in [-0.3, -0.25) is 5.73 Å². The lowest BCUT2D eigenvalue weighted by Crippen LogP contribution is -2.58. The van der Waals surface area contributed by atoms with Gasteiger partial charge in [-0.15, -0.1) is 5.11 Å². The second-order valence-corrected chi connectivity index (χ2v) is 1.51. The van der Waals surface area contributed by atoms with Gasteiger partial charge in [0.05, 0.1) is 0 Å². The molecule has 7 nitrogen and oxygen atoms in total. The van der Waals surface area contributed by atoms with Gasteiger partial charge in [-0.1, -0.05) is 5.22 Å².